The zero-order chi connectivity index (χ0) is 13.9. The van der Waals surface area contributed by atoms with Crippen molar-refractivity contribution in [1.82, 2.24) is 4.98 Å². The van der Waals surface area contributed by atoms with Gasteiger partial charge in [-0.2, -0.15) is 4.39 Å². The molecule has 1 rings (SSSR count). The summed E-state index contributed by atoms with van der Waals surface area (Å²) in [6, 6.07) is 0. The van der Waals surface area contributed by atoms with Gasteiger partial charge in [-0.25, -0.2) is 18.6 Å². The van der Waals surface area contributed by atoms with E-state index in [2.05, 4.69) is 9.72 Å². The molecule has 0 saturated carbocycles. The van der Waals surface area contributed by atoms with Crippen LogP contribution in [0.15, 0.2) is 6.20 Å². The lowest BCUT2D eigenvalue weighted by Gasteiger charge is -2.08. The van der Waals surface area contributed by atoms with Crippen molar-refractivity contribution in [2.45, 2.75) is 13.3 Å². The predicted molar refractivity (Wildman–Crippen MR) is 51.8 cm³/mol. The Morgan fingerprint density at radius 2 is 2.22 bits per heavy atom. The van der Waals surface area contributed by atoms with E-state index >= 15 is 0 Å². The molecule has 6 nitrogen and oxygen atoms in total. The summed E-state index contributed by atoms with van der Waals surface area (Å²) >= 11 is 0. The van der Waals surface area contributed by atoms with Crippen LogP contribution in [-0.2, 0) is 4.74 Å². The number of nitro groups is 1. The molecule has 98 valence electrons. The predicted octanol–water partition coefficient (Wildman–Crippen LogP) is 2.24. The minimum atomic E-state index is -3.21. The van der Waals surface area contributed by atoms with Gasteiger partial charge in [0.15, 0.2) is 5.56 Å². The number of nitrogens with zero attached hydrogens (tertiary/aromatic N) is 2. The van der Waals surface area contributed by atoms with Gasteiger partial charge in [-0.05, 0) is 6.92 Å². The fraction of sp³-hybridized carbons (Fsp3) is 0.333. The fourth-order valence-corrected chi connectivity index (χ4v) is 1.24. The zero-order valence-corrected chi connectivity index (χ0v) is 9.02. The monoisotopic (exact) mass is 264 g/mol. The number of aromatic nitrogens is 1. The quantitative estimate of drug-likeness (QED) is 0.360. The summed E-state index contributed by atoms with van der Waals surface area (Å²) in [5, 5.41) is 10.6. The van der Waals surface area contributed by atoms with E-state index in [-0.39, 0.29) is 6.61 Å². The van der Waals surface area contributed by atoms with Crippen LogP contribution in [0.25, 0.3) is 0 Å². The average Bonchev–Trinajstić information content (AvgIpc) is 2.27. The van der Waals surface area contributed by atoms with Crippen LogP contribution < -0.4 is 0 Å². The van der Waals surface area contributed by atoms with E-state index < -0.39 is 40.1 Å². The second-order valence-corrected chi connectivity index (χ2v) is 3.01. The first-order chi connectivity index (χ1) is 8.40. The van der Waals surface area contributed by atoms with E-state index in [9.17, 15) is 28.1 Å². The molecule has 0 aliphatic heterocycles. The average molecular weight is 264 g/mol. The van der Waals surface area contributed by atoms with Crippen molar-refractivity contribution in [3.63, 3.8) is 0 Å². The normalized spacial score (nSPS) is 10.5. The van der Waals surface area contributed by atoms with Crippen molar-refractivity contribution in [3.05, 3.63) is 33.4 Å². The van der Waals surface area contributed by atoms with Crippen molar-refractivity contribution in [3.8, 4) is 0 Å². The standard InChI is InChI=1S/C9H7F3N2O4/c1-2-18-9(15)5-4(7(10)11)3-13-8(12)6(5)14(16)17/h3,7H,2H2,1H3. The summed E-state index contributed by atoms with van der Waals surface area (Å²) in [5.41, 5.74) is -3.56. The molecule has 0 aromatic carbocycles. The van der Waals surface area contributed by atoms with E-state index in [1.165, 1.54) is 6.92 Å². The lowest BCUT2D eigenvalue weighted by atomic mass is 10.1. The molecule has 0 N–H and O–H groups in total. The number of carbonyl (C=O) groups is 1. The van der Waals surface area contributed by atoms with Gasteiger partial charge < -0.3 is 4.74 Å². The van der Waals surface area contributed by atoms with Gasteiger partial charge >= 0.3 is 11.7 Å². The van der Waals surface area contributed by atoms with Crippen LogP contribution >= 0.6 is 0 Å². The van der Waals surface area contributed by atoms with Gasteiger partial charge in [0.1, 0.15) is 0 Å². The highest BCUT2D eigenvalue weighted by atomic mass is 19.3. The molecular weight excluding hydrogens is 257 g/mol. The molecule has 0 aliphatic carbocycles. The number of ether oxygens (including phenoxy) is 1. The third kappa shape index (κ3) is 2.55. The number of alkyl halides is 2. The summed E-state index contributed by atoms with van der Waals surface area (Å²) in [6.07, 6.45) is -2.84. The van der Waals surface area contributed by atoms with E-state index in [0.29, 0.717) is 6.20 Å². The molecule has 0 radical (unpaired) electrons. The van der Waals surface area contributed by atoms with E-state index in [1.807, 2.05) is 0 Å². The molecule has 0 amide bonds. The number of hydrogen-bond acceptors (Lipinski definition) is 5. The van der Waals surface area contributed by atoms with E-state index in [0.717, 1.165) is 0 Å². The highest BCUT2D eigenvalue weighted by molar-refractivity contribution is 5.95. The van der Waals surface area contributed by atoms with E-state index in [4.69, 9.17) is 0 Å². The summed E-state index contributed by atoms with van der Waals surface area (Å²) in [6.45, 7) is 1.19. The summed E-state index contributed by atoms with van der Waals surface area (Å²) in [5.74, 6) is -3.01. The van der Waals surface area contributed by atoms with Crippen LogP contribution in [0, 0.1) is 16.1 Å². The number of esters is 1. The second kappa shape index (κ2) is 5.43. The smallest absolute Gasteiger partial charge is 0.345 e. The Bertz CT molecular complexity index is 493. The third-order valence-corrected chi connectivity index (χ3v) is 1.94. The van der Waals surface area contributed by atoms with Crippen molar-refractivity contribution < 1.29 is 27.6 Å². The molecule has 0 bridgehead atoms. The first kappa shape index (κ1) is 13.9. The second-order valence-electron chi connectivity index (χ2n) is 3.01. The Balaban J connectivity index is 3.53. The molecular formula is C9H7F3N2O4. The summed E-state index contributed by atoms with van der Waals surface area (Å²) in [4.78, 5) is 23.5. The minimum absolute atomic E-state index is 0.192. The van der Waals surface area contributed by atoms with Crippen LogP contribution in [-0.4, -0.2) is 22.5 Å². The maximum Gasteiger partial charge on any atom is 0.345 e. The zero-order valence-electron chi connectivity index (χ0n) is 9.02. The Kier molecular flexibility index (Phi) is 4.18. The Morgan fingerprint density at radius 1 is 1.61 bits per heavy atom. The molecule has 0 unspecified atom stereocenters. The number of carbonyl (C=O) groups excluding carboxylic acids is 1. The van der Waals surface area contributed by atoms with Gasteiger partial charge in [-0.1, -0.05) is 0 Å². The van der Waals surface area contributed by atoms with Gasteiger partial charge in [0.2, 0.25) is 0 Å². The van der Waals surface area contributed by atoms with Crippen molar-refractivity contribution >= 4 is 11.7 Å². The molecule has 0 fully saturated rings. The molecule has 1 aromatic heterocycles. The van der Waals surface area contributed by atoms with E-state index in [1.54, 1.807) is 0 Å². The molecule has 1 heterocycles. The highest BCUT2D eigenvalue weighted by Crippen LogP contribution is 2.31. The van der Waals surface area contributed by atoms with Gasteiger partial charge in [0.05, 0.1) is 17.1 Å². The molecule has 0 spiro atoms. The van der Waals surface area contributed by atoms with Gasteiger partial charge in [0.25, 0.3) is 12.4 Å². The number of halogens is 3. The first-order valence-electron chi connectivity index (χ1n) is 4.68. The van der Waals surface area contributed by atoms with Crippen LogP contribution in [0.1, 0.15) is 29.3 Å². The number of pyridine rings is 1. The molecule has 0 atom stereocenters. The van der Waals surface area contributed by atoms with Gasteiger partial charge in [-0.15, -0.1) is 0 Å². The maximum atomic E-state index is 13.1. The Hall–Kier alpha value is -2.19. The van der Waals surface area contributed by atoms with Crippen LogP contribution in [0.5, 0.6) is 0 Å². The van der Waals surface area contributed by atoms with Crippen molar-refractivity contribution in [1.29, 1.82) is 0 Å². The summed E-state index contributed by atoms with van der Waals surface area (Å²) in [7, 11) is 0. The number of rotatable bonds is 4. The Labute approximate surface area is 98.5 Å². The summed E-state index contributed by atoms with van der Waals surface area (Å²) < 4.78 is 42.8. The maximum absolute atomic E-state index is 13.1. The van der Waals surface area contributed by atoms with Crippen molar-refractivity contribution in [2.75, 3.05) is 6.61 Å². The molecule has 9 heteroatoms. The Morgan fingerprint density at radius 3 is 2.67 bits per heavy atom. The molecule has 0 aliphatic rings. The lowest BCUT2D eigenvalue weighted by molar-refractivity contribution is -0.388. The first-order valence-corrected chi connectivity index (χ1v) is 4.68. The highest BCUT2D eigenvalue weighted by Gasteiger charge is 2.33. The fourth-order valence-electron chi connectivity index (χ4n) is 1.24. The molecule has 0 saturated heterocycles. The topological polar surface area (TPSA) is 82.3 Å². The molecule has 1 aromatic rings. The van der Waals surface area contributed by atoms with Gasteiger partial charge in [0, 0.05) is 6.20 Å². The lowest BCUT2D eigenvalue weighted by Crippen LogP contribution is -2.14. The third-order valence-electron chi connectivity index (χ3n) is 1.94. The molecule has 18 heavy (non-hydrogen) atoms. The van der Waals surface area contributed by atoms with Crippen LogP contribution in [0.2, 0.25) is 0 Å². The minimum Gasteiger partial charge on any atom is -0.462 e. The number of hydrogen-bond donors (Lipinski definition) is 0. The van der Waals surface area contributed by atoms with Crippen LogP contribution in [0.3, 0.4) is 0 Å². The largest absolute Gasteiger partial charge is 0.462 e. The van der Waals surface area contributed by atoms with Gasteiger partial charge in [-0.3, -0.25) is 10.1 Å². The van der Waals surface area contributed by atoms with Crippen molar-refractivity contribution in [2.24, 2.45) is 0 Å². The SMILES string of the molecule is CCOC(=O)c1c(C(F)F)cnc(F)c1[N+](=O)[O-]. The van der Waals surface area contributed by atoms with Crippen LogP contribution in [0.4, 0.5) is 18.9 Å².